The van der Waals surface area contributed by atoms with Crippen molar-refractivity contribution in [1.82, 2.24) is 0 Å². The van der Waals surface area contributed by atoms with E-state index < -0.39 is 11.5 Å². The number of aldehydes is 1. The van der Waals surface area contributed by atoms with Crippen LogP contribution in [0.15, 0.2) is 0 Å². The summed E-state index contributed by atoms with van der Waals surface area (Å²) in [4.78, 5) is 20.9. The van der Waals surface area contributed by atoms with Gasteiger partial charge in [-0.05, 0) is 5.92 Å². The maximum absolute atomic E-state index is 10.5. The molecule has 0 bridgehead atoms. The average Bonchev–Trinajstić information content (AvgIpc) is 2.01. The van der Waals surface area contributed by atoms with Crippen molar-refractivity contribution in [1.29, 1.82) is 0 Å². The molecule has 4 heteroatoms. The molecule has 0 rings (SSSR count). The van der Waals surface area contributed by atoms with E-state index in [1.54, 1.807) is 13.8 Å². The SMILES string of the molecule is CCC(C)[C@](N)(C=O)C(=O)O. The fourth-order valence-electron chi connectivity index (χ4n) is 0.715. The summed E-state index contributed by atoms with van der Waals surface area (Å²) >= 11 is 0. The van der Waals surface area contributed by atoms with Crippen LogP contribution in [0.25, 0.3) is 0 Å². The van der Waals surface area contributed by atoms with Crippen LogP contribution >= 0.6 is 0 Å². The minimum Gasteiger partial charge on any atom is -0.480 e. The summed E-state index contributed by atoms with van der Waals surface area (Å²) in [6, 6.07) is 0. The van der Waals surface area contributed by atoms with Crippen LogP contribution in [0.1, 0.15) is 20.3 Å². The summed E-state index contributed by atoms with van der Waals surface area (Å²) in [5.41, 5.74) is 3.61. The van der Waals surface area contributed by atoms with E-state index in [2.05, 4.69) is 0 Å². The van der Waals surface area contributed by atoms with Gasteiger partial charge in [-0.15, -0.1) is 0 Å². The molecule has 11 heavy (non-hydrogen) atoms. The second-order valence-corrected chi connectivity index (χ2v) is 2.67. The zero-order valence-electron chi connectivity index (χ0n) is 6.70. The zero-order valence-corrected chi connectivity index (χ0v) is 6.70. The number of carboxylic acid groups (broad SMARTS) is 1. The number of rotatable bonds is 4. The molecule has 0 amide bonds. The van der Waals surface area contributed by atoms with Gasteiger partial charge in [0.25, 0.3) is 0 Å². The van der Waals surface area contributed by atoms with Crippen molar-refractivity contribution in [2.45, 2.75) is 25.8 Å². The summed E-state index contributed by atoms with van der Waals surface area (Å²) < 4.78 is 0. The number of carboxylic acids is 1. The molecule has 0 saturated heterocycles. The van der Waals surface area contributed by atoms with Crippen LogP contribution in [0.2, 0.25) is 0 Å². The number of carbonyl (C=O) groups is 2. The van der Waals surface area contributed by atoms with Crippen LogP contribution in [-0.4, -0.2) is 22.9 Å². The van der Waals surface area contributed by atoms with E-state index in [1.165, 1.54) is 0 Å². The Balaban J connectivity index is 4.58. The van der Waals surface area contributed by atoms with Crippen molar-refractivity contribution in [2.24, 2.45) is 11.7 Å². The van der Waals surface area contributed by atoms with Crippen LogP contribution in [0.4, 0.5) is 0 Å². The van der Waals surface area contributed by atoms with Gasteiger partial charge < -0.3 is 15.6 Å². The highest BCUT2D eigenvalue weighted by molar-refractivity contribution is 5.97. The number of hydrogen-bond acceptors (Lipinski definition) is 3. The molecule has 0 aromatic heterocycles. The molecule has 0 aliphatic heterocycles. The van der Waals surface area contributed by atoms with Crippen molar-refractivity contribution >= 4 is 12.3 Å². The first-order chi connectivity index (χ1) is 4.99. The summed E-state index contributed by atoms with van der Waals surface area (Å²) in [6.45, 7) is 3.43. The van der Waals surface area contributed by atoms with Crippen LogP contribution in [0.3, 0.4) is 0 Å². The van der Waals surface area contributed by atoms with Gasteiger partial charge in [-0.1, -0.05) is 20.3 Å². The number of aliphatic carboxylic acids is 1. The van der Waals surface area contributed by atoms with E-state index in [1.807, 2.05) is 0 Å². The van der Waals surface area contributed by atoms with Crippen LogP contribution < -0.4 is 5.73 Å². The maximum Gasteiger partial charge on any atom is 0.331 e. The molecule has 0 radical (unpaired) electrons. The van der Waals surface area contributed by atoms with Crippen molar-refractivity contribution < 1.29 is 14.7 Å². The topological polar surface area (TPSA) is 80.4 Å². The lowest BCUT2D eigenvalue weighted by Crippen LogP contribution is -2.54. The summed E-state index contributed by atoms with van der Waals surface area (Å²) in [7, 11) is 0. The predicted octanol–water partition coefficient (Wildman–Crippen LogP) is 0.0135. The van der Waals surface area contributed by atoms with E-state index in [0.29, 0.717) is 12.7 Å². The molecule has 0 spiro atoms. The average molecular weight is 159 g/mol. The third-order valence-corrected chi connectivity index (χ3v) is 1.99. The van der Waals surface area contributed by atoms with Crippen molar-refractivity contribution in [3.63, 3.8) is 0 Å². The van der Waals surface area contributed by atoms with E-state index in [-0.39, 0.29) is 5.92 Å². The van der Waals surface area contributed by atoms with Gasteiger partial charge in [-0.2, -0.15) is 0 Å². The van der Waals surface area contributed by atoms with Gasteiger partial charge in [0, 0.05) is 0 Å². The molecule has 3 N–H and O–H groups in total. The Kier molecular flexibility index (Phi) is 3.19. The van der Waals surface area contributed by atoms with Crippen LogP contribution in [0, 0.1) is 5.92 Å². The molecule has 0 heterocycles. The largest absolute Gasteiger partial charge is 0.480 e. The molecule has 0 fully saturated rings. The second kappa shape index (κ2) is 3.48. The van der Waals surface area contributed by atoms with Gasteiger partial charge >= 0.3 is 5.97 Å². The van der Waals surface area contributed by atoms with Crippen molar-refractivity contribution in [3.05, 3.63) is 0 Å². The molecule has 64 valence electrons. The quantitative estimate of drug-likeness (QED) is 0.447. The molecular weight excluding hydrogens is 146 g/mol. The minimum atomic E-state index is -1.71. The monoisotopic (exact) mass is 159 g/mol. The lowest BCUT2D eigenvalue weighted by atomic mass is 9.86. The first-order valence-corrected chi connectivity index (χ1v) is 3.47. The van der Waals surface area contributed by atoms with Gasteiger partial charge in [-0.3, -0.25) is 0 Å². The second-order valence-electron chi connectivity index (χ2n) is 2.67. The van der Waals surface area contributed by atoms with E-state index in [0.717, 1.165) is 0 Å². The summed E-state index contributed by atoms with van der Waals surface area (Å²) in [5, 5.41) is 8.58. The third-order valence-electron chi connectivity index (χ3n) is 1.99. The highest BCUT2D eigenvalue weighted by Crippen LogP contribution is 2.15. The normalized spacial score (nSPS) is 18.5. The first kappa shape index (κ1) is 10.1. The van der Waals surface area contributed by atoms with Gasteiger partial charge in [0.05, 0.1) is 0 Å². The fourth-order valence-corrected chi connectivity index (χ4v) is 0.715. The van der Waals surface area contributed by atoms with E-state index in [9.17, 15) is 9.59 Å². The molecule has 4 nitrogen and oxygen atoms in total. The zero-order chi connectivity index (χ0) is 9.07. The minimum absolute atomic E-state index is 0.295. The fraction of sp³-hybridized carbons (Fsp3) is 0.714. The van der Waals surface area contributed by atoms with Crippen LogP contribution in [0.5, 0.6) is 0 Å². The third kappa shape index (κ3) is 1.77. The smallest absolute Gasteiger partial charge is 0.331 e. The van der Waals surface area contributed by atoms with Gasteiger partial charge in [0.1, 0.15) is 0 Å². The predicted molar refractivity (Wildman–Crippen MR) is 40.1 cm³/mol. The molecular formula is C7H13NO3. The molecule has 1 unspecified atom stereocenters. The lowest BCUT2D eigenvalue weighted by Gasteiger charge is -2.23. The van der Waals surface area contributed by atoms with E-state index >= 15 is 0 Å². The lowest BCUT2D eigenvalue weighted by molar-refractivity contribution is -0.147. The molecule has 0 saturated carbocycles. The van der Waals surface area contributed by atoms with Crippen molar-refractivity contribution in [2.75, 3.05) is 0 Å². The molecule has 0 aliphatic carbocycles. The standard InChI is InChI=1S/C7H13NO3/c1-3-5(2)7(8,4-9)6(10)11/h4-5H,3,8H2,1-2H3,(H,10,11)/t5?,7-/m1/s1. The highest BCUT2D eigenvalue weighted by Gasteiger charge is 2.38. The van der Waals surface area contributed by atoms with Gasteiger partial charge in [0.2, 0.25) is 0 Å². The Bertz CT molecular complexity index is 169. The Morgan fingerprint density at radius 1 is 1.82 bits per heavy atom. The Morgan fingerprint density at radius 2 is 2.27 bits per heavy atom. The summed E-state index contributed by atoms with van der Waals surface area (Å²) in [5.74, 6) is -1.60. The molecule has 0 aliphatic rings. The van der Waals surface area contributed by atoms with Crippen molar-refractivity contribution in [3.8, 4) is 0 Å². The Labute approximate surface area is 65.4 Å². The van der Waals surface area contributed by atoms with Gasteiger partial charge in [0.15, 0.2) is 11.8 Å². The Hall–Kier alpha value is -0.900. The Morgan fingerprint density at radius 3 is 2.36 bits per heavy atom. The molecule has 0 aromatic rings. The van der Waals surface area contributed by atoms with Gasteiger partial charge in [-0.25, -0.2) is 4.79 Å². The first-order valence-electron chi connectivity index (χ1n) is 3.47. The number of hydrogen-bond donors (Lipinski definition) is 2. The van der Waals surface area contributed by atoms with E-state index in [4.69, 9.17) is 10.8 Å². The summed E-state index contributed by atoms with van der Waals surface area (Å²) in [6.07, 6.45) is 0.866. The van der Waals surface area contributed by atoms with Crippen LogP contribution in [-0.2, 0) is 9.59 Å². The highest BCUT2D eigenvalue weighted by atomic mass is 16.4. The molecule has 0 aromatic carbocycles. The molecule has 2 atom stereocenters. The maximum atomic E-state index is 10.5. The number of nitrogens with two attached hydrogens (primary N) is 1. The number of carbonyl (C=O) groups excluding carboxylic acids is 1.